The molecule has 0 fully saturated rings. The molecule has 2 amide bonds. The summed E-state index contributed by atoms with van der Waals surface area (Å²) in [5.74, 6) is -1.41. The van der Waals surface area contributed by atoms with Crippen molar-refractivity contribution in [2.24, 2.45) is 0 Å². The van der Waals surface area contributed by atoms with Crippen LogP contribution in [0.5, 0.6) is 0 Å². The average molecular weight is 439 g/mol. The minimum absolute atomic E-state index is 0.0459. The molecule has 0 aromatic heterocycles. The van der Waals surface area contributed by atoms with E-state index in [9.17, 15) is 14.0 Å². The minimum Gasteiger partial charge on any atom is -0.484 e. The molecule has 0 radical (unpaired) electrons. The van der Waals surface area contributed by atoms with Crippen LogP contribution in [-0.4, -0.2) is 38.7 Å². The first-order valence-electron chi connectivity index (χ1n) is 8.91. The van der Waals surface area contributed by atoms with E-state index in [2.05, 4.69) is 36.9 Å². The Morgan fingerprint density at radius 1 is 1.07 bits per heavy atom. The SMILES string of the molecule is C=C/C(=C\C(F)=C\Cl)OCC(=O)NC(=C)CCC(=O)NCC(=C)/C=C\C(=C)COC. The summed E-state index contributed by atoms with van der Waals surface area (Å²) < 4.78 is 23.1. The highest BCUT2D eigenvalue weighted by atomic mass is 35.5. The van der Waals surface area contributed by atoms with Gasteiger partial charge >= 0.3 is 0 Å². The summed E-state index contributed by atoms with van der Waals surface area (Å²) in [5, 5.41) is 5.23. The molecule has 30 heavy (non-hydrogen) atoms. The zero-order valence-corrected chi connectivity index (χ0v) is 17.9. The molecular formula is C22H28ClFN2O4. The van der Waals surface area contributed by atoms with E-state index in [-0.39, 0.29) is 37.7 Å². The van der Waals surface area contributed by atoms with Gasteiger partial charge < -0.3 is 20.1 Å². The standard InChI is InChI=1S/C22H28ClFN2O4/c1-6-20(11-19(24)12-23)30-15-22(28)26-18(4)9-10-21(27)25-13-16(2)7-8-17(3)14-29-5/h6-8,11-12H,1-4,9-10,13-15H2,5H3,(H,25,27)(H,26,28)/b8-7-,19-12-,20-11+. The second-order valence-corrected chi connectivity index (χ2v) is 6.26. The highest BCUT2D eigenvalue weighted by molar-refractivity contribution is 6.25. The van der Waals surface area contributed by atoms with Gasteiger partial charge in [0.2, 0.25) is 5.91 Å². The number of nitrogens with one attached hydrogen (secondary N) is 2. The van der Waals surface area contributed by atoms with Crippen LogP contribution in [0.4, 0.5) is 4.39 Å². The minimum atomic E-state index is -0.736. The Hall–Kier alpha value is -2.90. The molecule has 0 spiro atoms. The van der Waals surface area contributed by atoms with Crippen LogP contribution < -0.4 is 10.6 Å². The zero-order valence-electron chi connectivity index (χ0n) is 17.1. The molecular weight excluding hydrogens is 411 g/mol. The number of hydrogen-bond acceptors (Lipinski definition) is 4. The highest BCUT2D eigenvalue weighted by Crippen LogP contribution is 2.08. The lowest BCUT2D eigenvalue weighted by Gasteiger charge is -2.10. The molecule has 0 aliphatic carbocycles. The quantitative estimate of drug-likeness (QED) is 0.299. The maximum absolute atomic E-state index is 13.1. The molecule has 0 aliphatic heterocycles. The maximum Gasteiger partial charge on any atom is 0.262 e. The van der Waals surface area contributed by atoms with Gasteiger partial charge in [-0.15, -0.1) is 0 Å². The molecule has 0 rings (SSSR count). The Kier molecular flexibility index (Phi) is 14.4. The molecule has 0 saturated heterocycles. The van der Waals surface area contributed by atoms with Gasteiger partial charge in [0.1, 0.15) is 11.6 Å². The predicted octanol–water partition coefficient (Wildman–Crippen LogP) is 3.96. The van der Waals surface area contributed by atoms with Crippen LogP contribution in [0.15, 0.2) is 84.6 Å². The largest absolute Gasteiger partial charge is 0.484 e. The molecule has 0 aromatic carbocycles. The van der Waals surface area contributed by atoms with Crippen molar-refractivity contribution in [3.05, 3.63) is 84.6 Å². The molecule has 164 valence electrons. The summed E-state index contributed by atoms with van der Waals surface area (Å²) in [7, 11) is 1.58. The van der Waals surface area contributed by atoms with E-state index < -0.39 is 11.7 Å². The van der Waals surface area contributed by atoms with Crippen LogP contribution in [-0.2, 0) is 19.1 Å². The second kappa shape index (κ2) is 16.0. The van der Waals surface area contributed by atoms with E-state index in [4.69, 9.17) is 21.1 Å². The lowest BCUT2D eigenvalue weighted by atomic mass is 10.2. The molecule has 6 nitrogen and oxygen atoms in total. The molecule has 2 N–H and O–H groups in total. The lowest BCUT2D eigenvalue weighted by molar-refractivity contribution is -0.124. The van der Waals surface area contributed by atoms with E-state index in [1.54, 1.807) is 19.3 Å². The first kappa shape index (κ1) is 27.1. The summed E-state index contributed by atoms with van der Waals surface area (Å²) in [5.41, 5.74) is 2.57. The Balaban J connectivity index is 4.20. The number of rotatable bonds is 15. The molecule has 0 aliphatic rings. The van der Waals surface area contributed by atoms with Gasteiger partial charge in [-0.25, -0.2) is 4.39 Å². The van der Waals surface area contributed by atoms with Gasteiger partial charge in [0.05, 0.1) is 6.61 Å². The Morgan fingerprint density at radius 3 is 2.33 bits per heavy atom. The zero-order chi connectivity index (χ0) is 22.9. The summed E-state index contributed by atoms with van der Waals surface area (Å²) >= 11 is 5.21. The van der Waals surface area contributed by atoms with Gasteiger partial charge in [-0.3, -0.25) is 9.59 Å². The number of carbonyl (C=O) groups is 2. The third kappa shape index (κ3) is 14.1. The van der Waals surface area contributed by atoms with Crippen LogP contribution >= 0.6 is 11.6 Å². The van der Waals surface area contributed by atoms with Crippen molar-refractivity contribution in [2.75, 3.05) is 26.9 Å². The van der Waals surface area contributed by atoms with Crippen LogP contribution in [0.25, 0.3) is 0 Å². The van der Waals surface area contributed by atoms with Crippen LogP contribution in [0.3, 0.4) is 0 Å². The summed E-state index contributed by atoms with van der Waals surface area (Å²) in [6.45, 7) is 15.1. The van der Waals surface area contributed by atoms with Crippen LogP contribution in [0.1, 0.15) is 12.8 Å². The van der Waals surface area contributed by atoms with Crippen LogP contribution in [0, 0.1) is 0 Å². The monoisotopic (exact) mass is 438 g/mol. The van der Waals surface area contributed by atoms with Crippen LogP contribution in [0.2, 0.25) is 0 Å². The maximum atomic E-state index is 13.1. The number of carbonyl (C=O) groups excluding carboxylic acids is 2. The van der Waals surface area contributed by atoms with E-state index in [1.807, 2.05) is 0 Å². The normalized spacial score (nSPS) is 11.7. The lowest BCUT2D eigenvalue weighted by Crippen LogP contribution is -2.28. The summed E-state index contributed by atoms with van der Waals surface area (Å²) in [4.78, 5) is 23.7. The fraction of sp³-hybridized carbons (Fsp3) is 0.273. The molecule has 0 bridgehead atoms. The number of amides is 2. The van der Waals surface area contributed by atoms with Gasteiger partial charge in [0.25, 0.3) is 5.91 Å². The third-order valence-corrected chi connectivity index (χ3v) is 3.53. The molecule has 0 aromatic rings. The number of allylic oxidation sites excluding steroid dienone is 4. The molecule has 0 unspecified atom stereocenters. The van der Waals surface area contributed by atoms with Crippen molar-refractivity contribution in [2.45, 2.75) is 12.8 Å². The Labute approximate surface area is 182 Å². The number of halogens is 2. The van der Waals surface area contributed by atoms with Gasteiger partial charge in [-0.1, -0.05) is 50.1 Å². The van der Waals surface area contributed by atoms with E-state index in [1.165, 1.54) is 6.08 Å². The number of hydrogen-bond donors (Lipinski definition) is 2. The first-order valence-corrected chi connectivity index (χ1v) is 9.35. The van der Waals surface area contributed by atoms with Crippen molar-refractivity contribution in [3.8, 4) is 0 Å². The second-order valence-electron chi connectivity index (χ2n) is 6.04. The molecule has 0 atom stereocenters. The molecule has 8 heteroatoms. The van der Waals surface area contributed by atoms with Gasteiger partial charge in [0, 0.05) is 37.4 Å². The Bertz CT molecular complexity index is 754. The van der Waals surface area contributed by atoms with Gasteiger partial charge in [-0.05, 0) is 23.6 Å². The van der Waals surface area contributed by atoms with E-state index in [0.717, 1.165) is 17.2 Å². The Morgan fingerprint density at radius 2 is 1.73 bits per heavy atom. The number of methoxy groups -OCH3 is 1. The highest BCUT2D eigenvalue weighted by Gasteiger charge is 2.08. The van der Waals surface area contributed by atoms with Crippen molar-refractivity contribution < 1.29 is 23.5 Å². The van der Waals surface area contributed by atoms with Crippen molar-refractivity contribution in [1.29, 1.82) is 0 Å². The van der Waals surface area contributed by atoms with E-state index >= 15 is 0 Å². The van der Waals surface area contributed by atoms with Crippen molar-refractivity contribution in [1.82, 2.24) is 10.6 Å². The van der Waals surface area contributed by atoms with E-state index in [0.29, 0.717) is 17.9 Å². The topological polar surface area (TPSA) is 76.7 Å². The molecule has 0 saturated carbocycles. The predicted molar refractivity (Wildman–Crippen MR) is 118 cm³/mol. The van der Waals surface area contributed by atoms with Crippen molar-refractivity contribution in [3.63, 3.8) is 0 Å². The van der Waals surface area contributed by atoms with Crippen molar-refractivity contribution >= 4 is 23.4 Å². The first-order chi connectivity index (χ1) is 14.2. The summed E-state index contributed by atoms with van der Waals surface area (Å²) in [6.07, 6.45) is 6.13. The molecule has 0 heterocycles. The van der Waals surface area contributed by atoms with Gasteiger partial charge in [0.15, 0.2) is 6.61 Å². The smallest absolute Gasteiger partial charge is 0.262 e. The third-order valence-electron chi connectivity index (χ3n) is 3.32. The summed E-state index contributed by atoms with van der Waals surface area (Å²) in [6, 6.07) is 0. The fourth-order valence-electron chi connectivity index (χ4n) is 1.86. The van der Waals surface area contributed by atoms with Gasteiger partial charge in [-0.2, -0.15) is 0 Å². The fourth-order valence-corrected chi connectivity index (χ4v) is 1.93. The number of ether oxygens (including phenoxy) is 2. The average Bonchev–Trinajstić information content (AvgIpc) is 2.72.